The summed E-state index contributed by atoms with van der Waals surface area (Å²) in [5, 5.41) is 6.32. The zero-order chi connectivity index (χ0) is 14.4. The zero-order valence-corrected chi connectivity index (χ0v) is 12.0. The van der Waals surface area contributed by atoms with Gasteiger partial charge in [0.1, 0.15) is 5.82 Å². The van der Waals surface area contributed by atoms with Crippen LogP contribution in [0.25, 0.3) is 0 Å². The highest BCUT2D eigenvalue weighted by atomic mass is 19.1. The molecule has 1 amide bonds. The van der Waals surface area contributed by atoms with Gasteiger partial charge in [0.2, 0.25) is 5.91 Å². The summed E-state index contributed by atoms with van der Waals surface area (Å²) >= 11 is 0. The second-order valence-electron chi connectivity index (χ2n) is 5.65. The van der Waals surface area contributed by atoms with Gasteiger partial charge in [-0.25, -0.2) is 4.39 Å². The molecule has 2 atom stereocenters. The molecule has 1 fully saturated rings. The van der Waals surface area contributed by atoms with Gasteiger partial charge in [-0.15, -0.1) is 0 Å². The van der Waals surface area contributed by atoms with E-state index in [1.807, 2.05) is 6.92 Å². The van der Waals surface area contributed by atoms with Crippen LogP contribution in [0.5, 0.6) is 0 Å². The van der Waals surface area contributed by atoms with Crippen molar-refractivity contribution >= 4 is 5.91 Å². The first kappa shape index (κ1) is 15.0. The molecular formula is C16H23FN2O. The summed E-state index contributed by atoms with van der Waals surface area (Å²) in [6.07, 6.45) is 2.78. The van der Waals surface area contributed by atoms with Crippen LogP contribution < -0.4 is 10.6 Å². The molecule has 2 N–H and O–H groups in total. The van der Waals surface area contributed by atoms with E-state index >= 15 is 0 Å². The fraction of sp³-hybridized carbons (Fsp3) is 0.562. The Hall–Kier alpha value is -1.42. The van der Waals surface area contributed by atoms with Gasteiger partial charge < -0.3 is 10.6 Å². The SMILES string of the molecule is CC(Cc1ccccc1F)C(=O)NCC1CCCNC1. The number of halogens is 1. The fourth-order valence-electron chi connectivity index (χ4n) is 2.60. The molecule has 3 nitrogen and oxygen atoms in total. The first-order valence-electron chi connectivity index (χ1n) is 7.38. The van der Waals surface area contributed by atoms with Crippen molar-refractivity contribution in [1.29, 1.82) is 0 Å². The van der Waals surface area contributed by atoms with Crippen molar-refractivity contribution in [2.45, 2.75) is 26.2 Å². The van der Waals surface area contributed by atoms with Crippen LogP contribution in [0.15, 0.2) is 24.3 Å². The molecule has 20 heavy (non-hydrogen) atoms. The van der Waals surface area contributed by atoms with Gasteiger partial charge in [0.15, 0.2) is 0 Å². The Kier molecular flexibility index (Phi) is 5.53. The number of amides is 1. The molecule has 1 aromatic rings. The van der Waals surface area contributed by atoms with Crippen molar-refractivity contribution in [2.75, 3.05) is 19.6 Å². The number of piperidine rings is 1. The van der Waals surface area contributed by atoms with E-state index in [0.29, 0.717) is 24.4 Å². The molecule has 2 unspecified atom stereocenters. The number of benzene rings is 1. The van der Waals surface area contributed by atoms with Crippen LogP contribution in [0.4, 0.5) is 4.39 Å². The second kappa shape index (κ2) is 7.39. The molecule has 1 heterocycles. The summed E-state index contributed by atoms with van der Waals surface area (Å²) in [4.78, 5) is 12.0. The minimum atomic E-state index is -0.233. The third kappa shape index (κ3) is 4.30. The van der Waals surface area contributed by atoms with E-state index in [4.69, 9.17) is 0 Å². The van der Waals surface area contributed by atoms with Gasteiger partial charge in [0, 0.05) is 12.5 Å². The summed E-state index contributed by atoms with van der Waals surface area (Å²) in [5.74, 6) is 0.0965. The highest BCUT2D eigenvalue weighted by molar-refractivity contribution is 5.78. The first-order chi connectivity index (χ1) is 9.66. The van der Waals surface area contributed by atoms with Crippen LogP contribution in [0.3, 0.4) is 0 Å². The van der Waals surface area contributed by atoms with Crippen molar-refractivity contribution in [1.82, 2.24) is 10.6 Å². The van der Waals surface area contributed by atoms with Crippen molar-refractivity contribution < 1.29 is 9.18 Å². The van der Waals surface area contributed by atoms with Crippen molar-refractivity contribution in [2.24, 2.45) is 11.8 Å². The van der Waals surface area contributed by atoms with Crippen molar-refractivity contribution in [3.8, 4) is 0 Å². The predicted octanol–water partition coefficient (Wildman–Crippen LogP) is 2.12. The molecule has 1 aliphatic heterocycles. The quantitative estimate of drug-likeness (QED) is 0.866. The van der Waals surface area contributed by atoms with Gasteiger partial charge in [0.25, 0.3) is 0 Å². The maximum Gasteiger partial charge on any atom is 0.223 e. The fourth-order valence-corrected chi connectivity index (χ4v) is 2.60. The molecule has 0 bridgehead atoms. The normalized spacial score (nSPS) is 20.4. The van der Waals surface area contributed by atoms with E-state index in [1.165, 1.54) is 12.5 Å². The maximum absolute atomic E-state index is 13.6. The average molecular weight is 278 g/mol. The molecule has 0 aliphatic carbocycles. The van der Waals surface area contributed by atoms with E-state index in [-0.39, 0.29) is 17.6 Å². The molecule has 1 aromatic carbocycles. The first-order valence-corrected chi connectivity index (χ1v) is 7.38. The summed E-state index contributed by atoms with van der Waals surface area (Å²) in [7, 11) is 0. The Morgan fingerprint density at radius 2 is 2.30 bits per heavy atom. The topological polar surface area (TPSA) is 41.1 Å². The molecule has 1 aliphatic rings. The smallest absolute Gasteiger partial charge is 0.223 e. The van der Waals surface area contributed by atoms with Crippen LogP contribution in [-0.2, 0) is 11.2 Å². The molecule has 0 aromatic heterocycles. The minimum Gasteiger partial charge on any atom is -0.356 e. The third-order valence-electron chi connectivity index (χ3n) is 3.90. The van der Waals surface area contributed by atoms with Crippen LogP contribution in [0.1, 0.15) is 25.3 Å². The highest BCUT2D eigenvalue weighted by Crippen LogP contribution is 2.13. The molecule has 110 valence electrons. The van der Waals surface area contributed by atoms with Gasteiger partial charge in [-0.2, -0.15) is 0 Å². The monoisotopic (exact) mass is 278 g/mol. The third-order valence-corrected chi connectivity index (χ3v) is 3.90. The standard InChI is InChI=1S/C16H23FN2O/c1-12(9-14-6-2-3-7-15(14)17)16(20)19-11-13-5-4-8-18-10-13/h2-3,6-7,12-13,18H,4-5,8-11H2,1H3,(H,19,20). The number of rotatable bonds is 5. The number of carbonyl (C=O) groups is 1. The Morgan fingerprint density at radius 3 is 3.00 bits per heavy atom. The van der Waals surface area contributed by atoms with Gasteiger partial charge >= 0.3 is 0 Å². The van der Waals surface area contributed by atoms with Gasteiger partial charge in [-0.05, 0) is 49.9 Å². The molecule has 0 saturated carbocycles. The van der Waals surface area contributed by atoms with E-state index in [0.717, 1.165) is 19.5 Å². The second-order valence-corrected chi connectivity index (χ2v) is 5.65. The largest absolute Gasteiger partial charge is 0.356 e. The minimum absolute atomic E-state index is 0.0128. The lowest BCUT2D eigenvalue weighted by Crippen LogP contribution is -2.40. The van der Waals surface area contributed by atoms with Crippen LogP contribution in [-0.4, -0.2) is 25.5 Å². The van der Waals surface area contributed by atoms with E-state index in [2.05, 4.69) is 10.6 Å². The lowest BCUT2D eigenvalue weighted by atomic mass is 9.97. The van der Waals surface area contributed by atoms with Gasteiger partial charge in [-0.1, -0.05) is 25.1 Å². The maximum atomic E-state index is 13.6. The molecular weight excluding hydrogens is 255 g/mol. The lowest BCUT2D eigenvalue weighted by Gasteiger charge is -2.23. The van der Waals surface area contributed by atoms with Crippen molar-refractivity contribution in [3.05, 3.63) is 35.6 Å². The Bertz CT molecular complexity index is 444. The van der Waals surface area contributed by atoms with E-state index in [9.17, 15) is 9.18 Å². The summed E-state index contributed by atoms with van der Waals surface area (Å²) < 4.78 is 13.6. The Labute approximate surface area is 120 Å². The van der Waals surface area contributed by atoms with Gasteiger partial charge in [0.05, 0.1) is 0 Å². The number of hydrogen-bond acceptors (Lipinski definition) is 2. The van der Waals surface area contributed by atoms with Crippen LogP contribution >= 0.6 is 0 Å². The predicted molar refractivity (Wildman–Crippen MR) is 77.9 cm³/mol. The zero-order valence-electron chi connectivity index (χ0n) is 12.0. The van der Waals surface area contributed by atoms with Crippen LogP contribution in [0.2, 0.25) is 0 Å². The van der Waals surface area contributed by atoms with Gasteiger partial charge in [-0.3, -0.25) is 4.79 Å². The highest BCUT2D eigenvalue weighted by Gasteiger charge is 2.18. The lowest BCUT2D eigenvalue weighted by molar-refractivity contribution is -0.124. The van der Waals surface area contributed by atoms with E-state index in [1.54, 1.807) is 18.2 Å². The summed E-state index contributed by atoms with van der Waals surface area (Å²) in [6.45, 7) is 4.62. The van der Waals surface area contributed by atoms with E-state index < -0.39 is 0 Å². The average Bonchev–Trinajstić information content (AvgIpc) is 2.48. The number of nitrogens with one attached hydrogen (secondary N) is 2. The van der Waals surface area contributed by atoms with Crippen molar-refractivity contribution in [3.63, 3.8) is 0 Å². The summed E-state index contributed by atoms with van der Waals surface area (Å²) in [5.41, 5.74) is 0.606. The number of carbonyl (C=O) groups excluding carboxylic acids is 1. The molecule has 2 rings (SSSR count). The summed E-state index contributed by atoms with van der Waals surface area (Å²) in [6, 6.07) is 6.65. The molecule has 1 saturated heterocycles. The molecule has 4 heteroatoms. The van der Waals surface area contributed by atoms with Crippen LogP contribution in [0, 0.1) is 17.7 Å². The number of hydrogen-bond donors (Lipinski definition) is 2. The molecule has 0 radical (unpaired) electrons. The Morgan fingerprint density at radius 1 is 1.50 bits per heavy atom. The Balaban J connectivity index is 1.78. The molecule has 0 spiro atoms.